The highest BCUT2D eigenvalue weighted by atomic mass is 32.1. The molecule has 0 radical (unpaired) electrons. The number of hydrogen-bond donors (Lipinski definition) is 1. The number of carbonyl (C=O) groups excluding carboxylic acids is 1. The minimum absolute atomic E-state index is 0.0592. The molecular weight excluding hydrogens is 190 g/mol. The molecule has 0 aromatic carbocycles. The van der Waals surface area contributed by atoms with Crippen molar-refractivity contribution in [3.63, 3.8) is 0 Å². The van der Waals surface area contributed by atoms with Crippen LogP contribution in [-0.2, 0) is 4.74 Å². The van der Waals surface area contributed by atoms with E-state index in [1.165, 1.54) is 6.26 Å². The van der Waals surface area contributed by atoms with E-state index in [4.69, 9.17) is 21.4 Å². The molecule has 0 atom stereocenters. The fourth-order valence-electron chi connectivity index (χ4n) is 0.729. The van der Waals surface area contributed by atoms with Crippen LogP contribution >= 0.6 is 12.2 Å². The lowest BCUT2D eigenvalue weighted by Gasteiger charge is -2.04. The highest BCUT2D eigenvalue weighted by Gasteiger charge is 2.09. The molecule has 0 spiro atoms. The van der Waals surface area contributed by atoms with Crippen LogP contribution in [0.4, 0.5) is 0 Å². The molecule has 0 unspecified atom stereocenters. The largest absolute Gasteiger partial charge is 0.471 e. The summed E-state index contributed by atoms with van der Waals surface area (Å²) in [5, 5.41) is 2.42. The van der Waals surface area contributed by atoms with Crippen molar-refractivity contribution in [2.75, 3.05) is 6.61 Å². The standard InChI is InChI=1S/C8H9NO3S/c1-2-11-8(13)9-7(10)6-4-3-5-12-6/h3-5H,2H2,1H3,(H,9,10,13). The van der Waals surface area contributed by atoms with Gasteiger partial charge in [-0.05, 0) is 31.3 Å². The van der Waals surface area contributed by atoms with Gasteiger partial charge in [-0.25, -0.2) is 0 Å². The zero-order chi connectivity index (χ0) is 9.68. The number of hydrogen-bond acceptors (Lipinski definition) is 4. The summed E-state index contributed by atoms with van der Waals surface area (Å²) in [6.07, 6.45) is 1.42. The van der Waals surface area contributed by atoms with Crippen LogP contribution in [-0.4, -0.2) is 17.7 Å². The molecule has 1 rings (SSSR count). The normalized spacial score (nSPS) is 9.31. The zero-order valence-corrected chi connectivity index (χ0v) is 7.89. The van der Waals surface area contributed by atoms with E-state index in [9.17, 15) is 4.79 Å². The summed E-state index contributed by atoms with van der Waals surface area (Å²) in [6, 6.07) is 3.17. The first-order valence-corrected chi connectivity index (χ1v) is 4.16. The van der Waals surface area contributed by atoms with Crippen LogP contribution in [0.5, 0.6) is 0 Å². The Labute approximate surface area is 80.9 Å². The molecule has 0 aliphatic rings. The molecule has 1 aromatic rings. The van der Waals surface area contributed by atoms with Crippen molar-refractivity contribution in [3.8, 4) is 0 Å². The number of ether oxygens (including phenoxy) is 1. The first-order chi connectivity index (χ1) is 6.24. The Morgan fingerprint density at radius 3 is 3.08 bits per heavy atom. The maximum atomic E-state index is 11.2. The monoisotopic (exact) mass is 199 g/mol. The Kier molecular flexibility index (Phi) is 3.45. The van der Waals surface area contributed by atoms with Crippen molar-refractivity contribution in [1.29, 1.82) is 0 Å². The van der Waals surface area contributed by atoms with E-state index in [0.29, 0.717) is 6.61 Å². The van der Waals surface area contributed by atoms with Crippen molar-refractivity contribution in [2.24, 2.45) is 0 Å². The topological polar surface area (TPSA) is 51.5 Å². The van der Waals surface area contributed by atoms with Gasteiger partial charge in [-0.2, -0.15) is 0 Å². The second-order valence-electron chi connectivity index (χ2n) is 2.15. The molecule has 0 bridgehead atoms. The molecule has 13 heavy (non-hydrogen) atoms. The van der Waals surface area contributed by atoms with Crippen molar-refractivity contribution < 1.29 is 13.9 Å². The fourth-order valence-corrected chi connectivity index (χ4v) is 0.940. The number of rotatable bonds is 2. The first kappa shape index (κ1) is 9.73. The molecule has 1 heterocycles. The third-order valence-corrected chi connectivity index (χ3v) is 1.46. The number of amides is 1. The quantitative estimate of drug-likeness (QED) is 0.730. The third kappa shape index (κ3) is 2.87. The van der Waals surface area contributed by atoms with Gasteiger partial charge < -0.3 is 9.15 Å². The van der Waals surface area contributed by atoms with Crippen LogP contribution in [0.1, 0.15) is 17.5 Å². The van der Waals surface area contributed by atoms with Gasteiger partial charge in [-0.1, -0.05) is 0 Å². The van der Waals surface area contributed by atoms with E-state index >= 15 is 0 Å². The van der Waals surface area contributed by atoms with Crippen LogP contribution in [0.2, 0.25) is 0 Å². The van der Waals surface area contributed by atoms with Gasteiger partial charge in [0.05, 0.1) is 12.9 Å². The van der Waals surface area contributed by atoms with Crippen LogP contribution < -0.4 is 5.32 Å². The molecule has 4 nitrogen and oxygen atoms in total. The average molecular weight is 199 g/mol. The van der Waals surface area contributed by atoms with Crippen molar-refractivity contribution in [3.05, 3.63) is 24.2 Å². The lowest BCUT2D eigenvalue weighted by Crippen LogP contribution is -2.30. The SMILES string of the molecule is CCOC(=S)NC(=O)c1ccco1. The number of carbonyl (C=O) groups is 1. The molecule has 0 saturated carbocycles. The maximum Gasteiger partial charge on any atom is 0.294 e. The molecule has 0 aliphatic heterocycles. The fraction of sp³-hybridized carbons (Fsp3) is 0.250. The lowest BCUT2D eigenvalue weighted by molar-refractivity contribution is 0.0941. The molecule has 0 fully saturated rings. The summed E-state index contributed by atoms with van der Waals surface area (Å²) in [5.41, 5.74) is 0. The van der Waals surface area contributed by atoms with Crippen molar-refractivity contribution in [2.45, 2.75) is 6.92 Å². The highest BCUT2D eigenvalue weighted by molar-refractivity contribution is 7.80. The highest BCUT2D eigenvalue weighted by Crippen LogP contribution is 1.98. The van der Waals surface area contributed by atoms with Gasteiger partial charge in [0.15, 0.2) is 5.76 Å². The van der Waals surface area contributed by atoms with Crippen LogP contribution in [0.25, 0.3) is 0 Å². The van der Waals surface area contributed by atoms with E-state index in [2.05, 4.69) is 5.32 Å². The zero-order valence-electron chi connectivity index (χ0n) is 7.07. The predicted molar refractivity (Wildman–Crippen MR) is 50.4 cm³/mol. The molecule has 5 heteroatoms. The summed E-state index contributed by atoms with van der Waals surface area (Å²) in [6.45, 7) is 2.21. The van der Waals surface area contributed by atoms with Gasteiger partial charge in [0, 0.05) is 0 Å². The van der Waals surface area contributed by atoms with E-state index in [1.54, 1.807) is 19.1 Å². The van der Waals surface area contributed by atoms with Gasteiger partial charge in [-0.15, -0.1) is 0 Å². The molecular formula is C8H9NO3S. The molecule has 1 N–H and O–H groups in total. The van der Waals surface area contributed by atoms with E-state index in [1.807, 2.05) is 0 Å². The Morgan fingerprint density at radius 1 is 1.77 bits per heavy atom. The van der Waals surface area contributed by atoms with Gasteiger partial charge in [0.1, 0.15) is 0 Å². The predicted octanol–water partition coefficient (Wildman–Crippen LogP) is 1.33. The summed E-state index contributed by atoms with van der Waals surface area (Å²) in [5.74, 6) is -0.189. The van der Waals surface area contributed by atoms with E-state index in [-0.39, 0.29) is 10.9 Å². The third-order valence-electron chi connectivity index (χ3n) is 1.24. The van der Waals surface area contributed by atoms with Gasteiger partial charge in [0.25, 0.3) is 11.1 Å². The van der Waals surface area contributed by atoms with Gasteiger partial charge >= 0.3 is 0 Å². The lowest BCUT2D eigenvalue weighted by atomic mass is 10.4. The van der Waals surface area contributed by atoms with Gasteiger partial charge in [-0.3, -0.25) is 10.1 Å². The molecule has 1 amide bonds. The Morgan fingerprint density at radius 2 is 2.54 bits per heavy atom. The molecule has 0 aliphatic carbocycles. The van der Waals surface area contributed by atoms with Crippen molar-refractivity contribution >= 4 is 23.3 Å². The molecule has 0 saturated heterocycles. The smallest absolute Gasteiger partial charge is 0.294 e. The molecule has 1 aromatic heterocycles. The van der Waals surface area contributed by atoms with Crippen LogP contribution in [0.15, 0.2) is 22.8 Å². The number of furan rings is 1. The maximum absolute atomic E-state index is 11.2. The van der Waals surface area contributed by atoms with Crippen molar-refractivity contribution in [1.82, 2.24) is 5.32 Å². The summed E-state index contributed by atoms with van der Waals surface area (Å²) in [4.78, 5) is 11.2. The molecule has 70 valence electrons. The average Bonchev–Trinajstić information content (AvgIpc) is 2.55. The minimum Gasteiger partial charge on any atom is -0.471 e. The summed E-state index contributed by atoms with van der Waals surface area (Å²) >= 11 is 4.71. The summed E-state index contributed by atoms with van der Waals surface area (Å²) in [7, 11) is 0. The number of nitrogens with one attached hydrogen (secondary N) is 1. The second kappa shape index (κ2) is 4.61. The number of thiocarbonyl (C=S) groups is 1. The van der Waals surface area contributed by atoms with E-state index in [0.717, 1.165) is 0 Å². The first-order valence-electron chi connectivity index (χ1n) is 3.75. The minimum atomic E-state index is -0.400. The Hall–Kier alpha value is -1.36. The summed E-state index contributed by atoms with van der Waals surface area (Å²) < 4.78 is 9.72. The second-order valence-corrected chi connectivity index (χ2v) is 2.52. The van der Waals surface area contributed by atoms with Crippen LogP contribution in [0.3, 0.4) is 0 Å². The van der Waals surface area contributed by atoms with Crippen LogP contribution in [0, 0.1) is 0 Å². The Balaban J connectivity index is 2.47. The Bertz CT molecular complexity index is 294. The van der Waals surface area contributed by atoms with Gasteiger partial charge in [0.2, 0.25) is 0 Å². The van der Waals surface area contributed by atoms with E-state index < -0.39 is 5.91 Å².